The van der Waals surface area contributed by atoms with Crippen molar-refractivity contribution in [2.45, 2.75) is 64.2 Å². The van der Waals surface area contributed by atoms with E-state index < -0.39 is 0 Å². The van der Waals surface area contributed by atoms with Crippen molar-refractivity contribution in [1.82, 2.24) is 5.32 Å². The molecule has 17 heavy (non-hydrogen) atoms. The van der Waals surface area contributed by atoms with Gasteiger partial charge in [-0.3, -0.25) is 4.79 Å². The van der Waals surface area contributed by atoms with Gasteiger partial charge in [0.15, 0.2) is 0 Å². The van der Waals surface area contributed by atoms with Crippen molar-refractivity contribution in [2.75, 3.05) is 6.54 Å². The fourth-order valence-electron chi connectivity index (χ4n) is 3.06. The summed E-state index contributed by atoms with van der Waals surface area (Å²) in [6.07, 6.45) is 5.43. The van der Waals surface area contributed by atoms with E-state index in [1.54, 1.807) is 0 Å². The Morgan fingerprint density at radius 2 is 2.12 bits per heavy atom. The molecule has 2 fully saturated rings. The number of hydrogen-bond donors (Lipinski definition) is 2. The number of ether oxygens (including phenoxy) is 1. The molecule has 2 heterocycles. The van der Waals surface area contributed by atoms with Gasteiger partial charge < -0.3 is 15.8 Å². The molecule has 3 N–H and O–H groups in total. The van der Waals surface area contributed by atoms with Crippen molar-refractivity contribution in [2.24, 2.45) is 11.1 Å². The maximum Gasteiger partial charge on any atom is 0.227 e. The van der Waals surface area contributed by atoms with Crippen LogP contribution >= 0.6 is 0 Å². The van der Waals surface area contributed by atoms with Gasteiger partial charge in [-0.25, -0.2) is 0 Å². The van der Waals surface area contributed by atoms with Crippen molar-refractivity contribution < 1.29 is 9.53 Å². The number of amides is 1. The molecular weight excluding hydrogens is 216 g/mol. The van der Waals surface area contributed by atoms with Crippen LogP contribution in [0, 0.1) is 5.41 Å². The van der Waals surface area contributed by atoms with Gasteiger partial charge in [0, 0.05) is 6.54 Å². The predicted molar refractivity (Wildman–Crippen MR) is 66.5 cm³/mol. The fraction of sp³-hybridized carbons (Fsp3) is 0.923. The lowest BCUT2D eigenvalue weighted by Gasteiger charge is -2.31. The van der Waals surface area contributed by atoms with Gasteiger partial charge in [-0.05, 0) is 32.1 Å². The molecule has 2 aliphatic rings. The molecule has 2 aliphatic heterocycles. The van der Waals surface area contributed by atoms with E-state index >= 15 is 0 Å². The zero-order valence-electron chi connectivity index (χ0n) is 10.9. The summed E-state index contributed by atoms with van der Waals surface area (Å²) >= 11 is 0. The lowest BCUT2D eigenvalue weighted by atomic mass is 9.81. The van der Waals surface area contributed by atoms with E-state index in [1.165, 1.54) is 0 Å². The van der Waals surface area contributed by atoms with E-state index in [9.17, 15) is 4.79 Å². The summed E-state index contributed by atoms with van der Waals surface area (Å²) in [5, 5.41) is 3.16. The van der Waals surface area contributed by atoms with Gasteiger partial charge in [0.2, 0.25) is 5.91 Å². The number of rotatable bonds is 5. The van der Waals surface area contributed by atoms with Gasteiger partial charge in [-0.1, -0.05) is 13.8 Å². The Morgan fingerprint density at radius 1 is 1.41 bits per heavy atom. The van der Waals surface area contributed by atoms with Crippen LogP contribution in [-0.4, -0.2) is 30.7 Å². The Hall–Kier alpha value is -0.610. The van der Waals surface area contributed by atoms with Crippen molar-refractivity contribution in [3.63, 3.8) is 0 Å². The van der Waals surface area contributed by atoms with E-state index in [2.05, 4.69) is 5.32 Å². The van der Waals surface area contributed by atoms with Gasteiger partial charge in [0.05, 0.1) is 23.7 Å². The molecule has 98 valence electrons. The van der Waals surface area contributed by atoms with Gasteiger partial charge in [0.1, 0.15) is 0 Å². The molecule has 0 aromatic heterocycles. The van der Waals surface area contributed by atoms with Crippen LogP contribution in [0.4, 0.5) is 0 Å². The number of carbonyl (C=O) groups excluding carboxylic acids is 1. The quantitative estimate of drug-likeness (QED) is 0.758. The first kappa shape index (κ1) is 12.8. The van der Waals surface area contributed by atoms with Gasteiger partial charge in [-0.2, -0.15) is 0 Å². The predicted octanol–water partition coefficient (Wildman–Crippen LogP) is 1.19. The summed E-state index contributed by atoms with van der Waals surface area (Å²) in [6, 6.07) is 0.213. The second kappa shape index (κ2) is 4.94. The first-order valence-electron chi connectivity index (χ1n) is 6.81. The fourth-order valence-corrected chi connectivity index (χ4v) is 3.06. The zero-order chi connectivity index (χ0) is 12.5. The molecule has 0 saturated carbocycles. The Balaban J connectivity index is 1.96. The third-order valence-corrected chi connectivity index (χ3v) is 4.65. The average molecular weight is 240 g/mol. The number of nitrogens with one attached hydrogen (secondary N) is 1. The highest BCUT2D eigenvalue weighted by molar-refractivity contribution is 5.83. The van der Waals surface area contributed by atoms with E-state index in [0.717, 1.165) is 32.1 Å². The minimum Gasteiger partial charge on any atom is -0.373 e. The third-order valence-electron chi connectivity index (χ3n) is 4.65. The molecule has 3 atom stereocenters. The normalized spacial score (nSPS) is 31.8. The van der Waals surface area contributed by atoms with Crippen LogP contribution in [0.5, 0.6) is 0 Å². The molecule has 0 aromatic rings. The lowest BCUT2D eigenvalue weighted by molar-refractivity contribution is -0.132. The summed E-state index contributed by atoms with van der Waals surface area (Å²) in [5.41, 5.74) is 5.40. The Labute approximate surface area is 103 Å². The van der Waals surface area contributed by atoms with Crippen LogP contribution in [0.25, 0.3) is 0 Å². The van der Waals surface area contributed by atoms with E-state index in [0.29, 0.717) is 12.6 Å². The highest BCUT2D eigenvalue weighted by Gasteiger charge is 2.43. The topological polar surface area (TPSA) is 64.4 Å². The van der Waals surface area contributed by atoms with Crippen molar-refractivity contribution in [3.05, 3.63) is 0 Å². The molecule has 2 saturated heterocycles. The van der Waals surface area contributed by atoms with Crippen LogP contribution in [0.3, 0.4) is 0 Å². The second-order valence-corrected chi connectivity index (χ2v) is 5.38. The molecule has 0 aliphatic carbocycles. The second-order valence-electron chi connectivity index (χ2n) is 5.38. The molecule has 1 amide bonds. The Bertz CT molecular complexity index is 281. The van der Waals surface area contributed by atoms with Gasteiger partial charge >= 0.3 is 0 Å². The van der Waals surface area contributed by atoms with E-state index in [-0.39, 0.29) is 23.5 Å². The first-order chi connectivity index (χ1) is 8.15. The maximum atomic E-state index is 12.3. The van der Waals surface area contributed by atoms with E-state index in [4.69, 9.17) is 10.5 Å². The van der Waals surface area contributed by atoms with Crippen molar-refractivity contribution >= 4 is 5.91 Å². The standard InChI is InChI=1S/C13H24N2O2/c1-3-13(4-2,8-14)12(16)15-10-7-9-5-6-11(10)17-9/h9-11H,3-8,14H2,1-2H3,(H,15,16)/t9-,10-,11+/m1/s1. The van der Waals surface area contributed by atoms with Crippen LogP contribution < -0.4 is 11.1 Å². The minimum atomic E-state index is -0.387. The SMILES string of the molecule is CCC(CC)(CN)C(=O)N[C@@H]1C[C@H]2CC[C@@H]1O2. The minimum absolute atomic E-state index is 0.117. The third kappa shape index (κ3) is 2.20. The maximum absolute atomic E-state index is 12.3. The summed E-state index contributed by atoms with van der Waals surface area (Å²) in [5.74, 6) is 0.117. The summed E-state index contributed by atoms with van der Waals surface area (Å²) in [7, 11) is 0. The number of carbonyl (C=O) groups is 1. The number of nitrogens with two attached hydrogens (primary N) is 1. The molecular formula is C13H24N2O2. The van der Waals surface area contributed by atoms with Crippen LogP contribution in [0.2, 0.25) is 0 Å². The smallest absolute Gasteiger partial charge is 0.227 e. The average Bonchev–Trinajstić information content (AvgIpc) is 2.94. The number of hydrogen-bond acceptors (Lipinski definition) is 3. The largest absolute Gasteiger partial charge is 0.373 e. The van der Waals surface area contributed by atoms with Gasteiger partial charge in [-0.15, -0.1) is 0 Å². The summed E-state index contributed by atoms with van der Waals surface area (Å²) in [4.78, 5) is 12.3. The molecule has 2 rings (SSSR count). The van der Waals surface area contributed by atoms with Crippen LogP contribution in [0.1, 0.15) is 46.0 Å². The Kier molecular flexibility index (Phi) is 3.73. The van der Waals surface area contributed by atoms with E-state index in [1.807, 2.05) is 13.8 Å². The van der Waals surface area contributed by atoms with Crippen LogP contribution in [0.15, 0.2) is 0 Å². The first-order valence-corrected chi connectivity index (χ1v) is 6.81. The van der Waals surface area contributed by atoms with Crippen molar-refractivity contribution in [1.29, 1.82) is 0 Å². The highest BCUT2D eigenvalue weighted by Crippen LogP contribution is 2.35. The Morgan fingerprint density at radius 3 is 2.53 bits per heavy atom. The zero-order valence-corrected chi connectivity index (χ0v) is 10.9. The van der Waals surface area contributed by atoms with Crippen LogP contribution in [-0.2, 0) is 9.53 Å². The molecule has 2 bridgehead atoms. The molecule has 0 aromatic carbocycles. The van der Waals surface area contributed by atoms with Crippen molar-refractivity contribution in [3.8, 4) is 0 Å². The molecule has 0 unspecified atom stereocenters. The highest BCUT2D eigenvalue weighted by atomic mass is 16.5. The summed E-state index contributed by atoms with van der Waals surface area (Å²) in [6.45, 7) is 4.49. The number of fused-ring (bicyclic) bond motifs is 2. The molecule has 4 nitrogen and oxygen atoms in total. The van der Waals surface area contributed by atoms with Gasteiger partial charge in [0.25, 0.3) is 0 Å². The molecule has 0 spiro atoms. The monoisotopic (exact) mass is 240 g/mol. The lowest BCUT2D eigenvalue weighted by Crippen LogP contribution is -2.51. The molecule has 0 radical (unpaired) electrons. The molecule has 4 heteroatoms. The summed E-state index contributed by atoms with van der Waals surface area (Å²) < 4.78 is 5.75.